The van der Waals surface area contributed by atoms with E-state index < -0.39 is 29.6 Å². The van der Waals surface area contributed by atoms with Crippen LogP contribution in [-0.4, -0.2) is 35.2 Å². The van der Waals surface area contributed by atoms with Crippen LogP contribution < -0.4 is 5.32 Å². The molecule has 5 nitrogen and oxygen atoms in total. The minimum atomic E-state index is -0.743. The molecule has 1 fully saturated rings. The topological polar surface area (TPSA) is 66.5 Å². The summed E-state index contributed by atoms with van der Waals surface area (Å²) in [6.45, 7) is 1.32. The molecule has 1 aromatic rings. The molecule has 110 valence electrons. The summed E-state index contributed by atoms with van der Waals surface area (Å²) < 4.78 is 14.2. The number of carbonyl (C=O) groups excluding carboxylic acids is 3. The molecule has 0 aromatic heterocycles. The second-order valence-corrected chi connectivity index (χ2v) is 5.47. The van der Waals surface area contributed by atoms with Crippen LogP contribution in [0.2, 0.25) is 0 Å². The van der Waals surface area contributed by atoms with Crippen molar-refractivity contribution in [3.05, 3.63) is 40.1 Å². The average Bonchev–Trinajstić information content (AvgIpc) is 2.43. The van der Waals surface area contributed by atoms with Gasteiger partial charge in [0.05, 0.1) is 0 Å². The van der Waals surface area contributed by atoms with Crippen molar-refractivity contribution in [1.29, 1.82) is 0 Å². The summed E-state index contributed by atoms with van der Waals surface area (Å²) in [5.74, 6) is -2.05. The lowest BCUT2D eigenvalue weighted by atomic mass is 10.1. The molecule has 0 spiro atoms. The number of piperazine rings is 1. The summed E-state index contributed by atoms with van der Waals surface area (Å²) in [6, 6.07) is 3.60. The molecule has 2 rings (SSSR count). The van der Waals surface area contributed by atoms with Gasteiger partial charge < -0.3 is 4.90 Å². The van der Waals surface area contributed by atoms with E-state index in [0.717, 1.165) is 11.0 Å². The number of hydrogen-bond donors (Lipinski definition) is 1. The first kappa shape index (κ1) is 15.4. The molecule has 0 saturated carbocycles. The maximum absolute atomic E-state index is 13.5. The number of imide groups is 1. The van der Waals surface area contributed by atoms with Crippen molar-refractivity contribution in [1.82, 2.24) is 10.2 Å². The van der Waals surface area contributed by atoms with E-state index in [0.29, 0.717) is 4.47 Å². The largest absolute Gasteiger partial charge is 0.318 e. The summed E-state index contributed by atoms with van der Waals surface area (Å²) in [4.78, 5) is 35.9. The van der Waals surface area contributed by atoms with E-state index in [1.807, 2.05) is 0 Å². The molecule has 0 aliphatic carbocycles. The molecule has 1 aliphatic heterocycles. The first-order valence-electron chi connectivity index (χ1n) is 6.16. The minimum Gasteiger partial charge on any atom is -0.318 e. The highest BCUT2D eigenvalue weighted by Crippen LogP contribution is 2.17. The quantitative estimate of drug-likeness (QED) is 0.646. The van der Waals surface area contributed by atoms with Crippen LogP contribution in [0.5, 0.6) is 0 Å². The molecule has 1 N–H and O–H groups in total. The van der Waals surface area contributed by atoms with Gasteiger partial charge in [-0.2, -0.15) is 0 Å². The van der Waals surface area contributed by atoms with E-state index in [2.05, 4.69) is 21.2 Å². The van der Waals surface area contributed by atoms with E-state index in [4.69, 9.17) is 0 Å². The molecule has 1 heterocycles. The van der Waals surface area contributed by atoms with Crippen molar-refractivity contribution in [3.63, 3.8) is 0 Å². The molecule has 1 saturated heterocycles. The summed E-state index contributed by atoms with van der Waals surface area (Å²) in [5, 5.41) is 2.14. The zero-order valence-electron chi connectivity index (χ0n) is 11.1. The molecular weight excluding hydrogens is 343 g/mol. The van der Waals surface area contributed by atoms with Gasteiger partial charge in [-0.1, -0.05) is 15.9 Å². The first-order chi connectivity index (χ1) is 9.88. The Labute approximate surface area is 128 Å². The predicted molar refractivity (Wildman–Crippen MR) is 77.5 cm³/mol. The van der Waals surface area contributed by atoms with Crippen LogP contribution in [0, 0.1) is 5.82 Å². The molecule has 0 bridgehead atoms. The van der Waals surface area contributed by atoms with Crippen LogP contribution in [-0.2, 0) is 14.4 Å². The van der Waals surface area contributed by atoms with Crippen molar-refractivity contribution in [2.75, 3.05) is 6.54 Å². The Bertz CT molecular complexity index is 645. The zero-order valence-corrected chi connectivity index (χ0v) is 12.7. The maximum atomic E-state index is 13.5. The van der Waals surface area contributed by atoms with Crippen molar-refractivity contribution < 1.29 is 18.8 Å². The van der Waals surface area contributed by atoms with Gasteiger partial charge in [0.2, 0.25) is 17.7 Å². The average molecular weight is 355 g/mol. The normalized spacial score (nSPS) is 19.0. The maximum Gasteiger partial charge on any atom is 0.249 e. The lowest BCUT2D eigenvalue weighted by molar-refractivity contribution is -0.147. The SMILES string of the molecule is CC1C(=O)NC(=O)CN1C(=O)C=Cc1cc(Br)ccc1F. The van der Waals surface area contributed by atoms with E-state index >= 15 is 0 Å². The van der Waals surface area contributed by atoms with Gasteiger partial charge in [-0.25, -0.2) is 4.39 Å². The van der Waals surface area contributed by atoms with E-state index in [-0.39, 0.29) is 12.1 Å². The lowest BCUT2D eigenvalue weighted by Crippen LogP contribution is -2.58. The third kappa shape index (κ3) is 3.55. The van der Waals surface area contributed by atoms with Gasteiger partial charge in [0.15, 0.2) is 0 Å². The Kier molecular flexibility index (Phi) is 4.52. The van der Waals surface area contributed by atoms with Gasteiger partial charge in [0.25, 0.3) is 0 Å². The van der Waals surface area contributed by atoms with Crippen molar-refractivity contribution >= 4 is 39.7 Å². The van der Waals surface area contributed by atoms with Crippen LogP contribution in [0.25, 0.3) is 6.08 Å². The number of benzene rings is 1. The Morgan fingerprint density at radius 2 is 2.19 bits per heavy atom. The Balaban J connectivity index is 2.17. The number of carbonyl (C=O) groups is 3. The van der Waals surface area contributed by atoms with E-state index in [9.17, 15) is 18.8 Å². The summed E-state index contributed by atoms with van der Waals surface area (Å²) >= 11 is 3.21. The van der Waals surface area contributed by atoms with Gasteiger partial charge in [-0.15, -0.1) is 0 Å². The smallest absolute Gasteiger partial charge is 0.249 e. The van der Waals surface area contributed by atoms with Crippen LogP contribution in [0.4, 0.5) is 4.39 Å². The van der Waals surface area contributed by atoms with Gasteiger partial charge in [0.1, 0.15) is 18.4 Å². The first-order valence-corrected chi connectivity index (χ1v) is 6.95. The fourth-order valence-corrected chi connectivity index (χ4v) is 2.26. The lowest BCUT2D eigenvalue weighted by Gasteiger charge is -2.30. The molecular formula is C14H12BrFN2O3. The molecule has 1 unspecified atom stereocenters. The number of nitrogens with one attached hydrogen (secondary N) is 1. The molecule has 21 heavy (non-hydrogen) atoms. The fraction of sp³-hybridized carbons (Fsp3) is 0.214. The standard InChI is InChI=1S/C14H12BrFN2O3/c1-8-14(21)17-12(19)7-18(8)13(20)5-2-9-6-10(15)3-4-11(9)16/h2-6,8H,7H2,1H3,(H,17,19,21). The zero-order chi connectivity index (χ0) is 15.6. The molecule has 0 radical (unpaired) electrons. The van der Waals surface area contributed by atoms with Gasteiger partial charge in [-0.05, 0) is 31.2 Å². The van der Waals surface area contributed by atoms with Gasteiger partial charge >= 0.3 is 0 Å². The highest BCUT2D eigenvalue weighted by atomic mass is 79.9. The van der Waals surface area contributed by atoms with Crippen LogP contribution >= 0.6 is 15.9 Å². The molecule has 1 atom stereocenters. The number of nitrogens with zero attached hydrogens (tertiary/aromatic N) is 1. The third-order valence-corrected chi connectivity index (χ3v) is 3.56. The van der Waals surface area contributed by atoms with E-state index in [1.54, 1.807) is 6.07 Å². The summed E-state index contributed by atoms with van der Waals surface area (Å²) in [7, 11) is 0. The monoisotopic (exact) mass is 354 g/mol. The number of amides is 3. The Morgan fingerprint density at radius 1 is 1.48 bits per heavy atom. The van der Waals surface area contributed by atoms with E-state index in [1.165, 1.54) is 25.1 Å². The molecule has 3 amide bonds. The van der Waals surface area contributed by atoms with Crippen molar-refractivity contribution in [2.24, 2.45) is 0 Å². The number of halogens is 2. The highest BCUT2D eigenvalue weighted by molar-refractivity contribution is 9.10. The second kappa shape index (κ2) is 6.17. The minimum absolute atomic E-state index is 0.197. The van der Waals surface area contributed by atoms with Crippen molar-refractivity contribution in [3.8, 4) is 0 Å². The summed E-state index contributed by atoms with van der Waals surface area (Å²) in [5.41, 5.74) is 0.234. The molecule has 7 heteroatoms. The van der Waals surface area contributed by atoms with Crippen LogP contribution in [0.1, 0.15) is 12.5 Å². The predicted octanol–water partition coefficient (Wildman–Crippen LogP) is 1.47. The van der Waals surface area contributed by atoms with Crippen molar-refractivity contribution in [2.45, 2.75) is 13.0 Å². The van der Waals surface area contributed by atoms with Crippen LogP contribution in [0.15, 0.2) is 28.7 Å². The number of hydrogen-bond acceptors (Lipinski definition) is 3. The van der Waals surface area contributed by atoms with Gasteiger partial charge in [-0.3, -0.25) is 19.7 Å². The molecule has 1 aromatic carbocycles. The number of rotatable bonds is 2. The van der Waals surface area contributed by atoms with Crippen LogP contribution in [0.3, 0.4) is 0 Å². The second-order valence-electron chi connectivity index (χ2n) is 4.55. The Hall–Kier alpha value is -2.02. The molecule has 1 aliphatic rings. The fourth-order valence-electron chi connectivity index (χ4n) is 1.88. The highest BCUT2D eigenvalue weighted by Gasteiger charge is 2.32. The summed E-state index contributed by atoms with van der Waals surface area (Å²) in [6.07, 6.45) is 2.46. The third-order valence-electron chi connectivity index (χ3n) is 3.07. The Morgan fingerprint density at radius 3 is 2.90 bits per heavy atom. The van der Waals surface area contributed by atoms with Gasteiger partial charge in [0, 0.05) is 16.1 Å².